The van der Waals surface area contributed by atoms with Gasteiger partial charge in [0.05, 0.1) is 25.4 Å². The monoisotopic (exact) mass is 1120 g/mol. The van der Waals surface area contributed by atoms with Crippen LogP contribution in [0.3, 0.4) is 0 Å². The summed E-state index contributed by atoms with van der Waals surface area (Å²) in [5, 5.41) is 54.7. The lowest BCUT2D eigenvalue weighted by atomic mass is 9.99. The van der Waals surface area contributed by atoms with E-state index in [2.05, 4.69) is 43.5 Å². The van der Waals surface area contributed by atoms with Crippen LogP contribution in [0, 0.1) is 0 Å². The van der Waals surface area contributed by atoms with Gasteiger partial charge >= 0.3 is 0 Å². The first kappa shape index (κ1) is 75.4. The number of hydrogen-bond acceptors (Lipinski definition) is 8. The molecule has 0 aromatic heterocycles. The van der Waals surface area contributed by atoms with Crippen molar-refractivity contribution < 1.29 is 39.8 Å². The van der Waals surface area contributed by atoms with Crippen LogP contribution in [0.5, 0.6) is 0 Å². The zero-order valence-electron chi connectivity index (χ0n) is 52.2. The summed E-state index contributed by atoms with van der Waals surface area (Å²) in [7, 11) is 0. The fourth-order valence-electron chi connectivity index (χ4n) is 11.2. The van der Waals surface area contributed by atoms with E-state index in [4.69, 9.17) is 9.47 Å². The molecule has 0 bridgehead atoms. The molecule has 1 aliphatic heterocycles. The van der Waals surface area contributed by atoms with E-state index in [-0.39, 0.29) is 12.5 Å². The maximum Gasteiger partial charge on any atom is 0.220 e. The Kier molecular flexibility index (Phi) is 56.9. The summed E-state index contributed by atoms with van der Waals surface area (Å²) < 4.78 is 11.3. The molecule has 0 spiro atoms. The second kappa shape index (κ2) is 59.6. The third-order valence-corrected chi connectivity index (χ3v) is 16.7. The van der Waals surface area contributed by atoms with Gasteiger partial charge in [-0.25, -0.2) is 0 Å². The molecule has 1 rings (SSSR count). The maximum atomic E-state index is 13.1. The molecule has 0 aliphatic carbocycles. The molecule has 466 valence electrons. The van der Waals surface area contributed by atoms with Gasteiger partial charge in [-0.1, -0.05) is 320 Å². The van der Waals surface area contributed by atoms with Gasteiger partial charge in [-0.15, -0.1) is 0 Å². The Balaban J connectivity index is 2.10. The lowest BCUT2D eigenvalue weighted by molar-refractivity contribution is -0.302. The number of hydrogen-bond donors (Lipinski definition) is 6. The van der Waals surface area contributed by atoms with E-state index >= 15 is 0 Å². The average molecular weight is 1120 g/mol. The van der Waals surface area contributed by atoms with Crippen LogP contribution in [0.25, 0.3) is 0 Å². The Morgan fingerprint density at radius 3 is 1.06 bits per heavy atom. The number of carbonyl (C=O) groups excluding carboxylic acids is 1. The summed E-state index contributed by atoms with van der Waals surface area (Å²) in [6, 6.07) is -0.821. The molecule has 0 aromatic carbocycles. The molecule has 1 saturated heterocycles. The molecule has 9 heteroatoms. The van der Waals surface area contributed by atoms with Crippen molar-refractivity contribution in [2.45, 2.75) is 391 Å². The number of aliphatic hydroxyl groups excluding tert-OH is 5. The maximum absolute atomic E-state index is 13.1. The normalized spacial score (nSPS) is 18.7. The third-order valence-electron chi connectivity index (χ3n) is 16.7. The van der Waals surface area contributed by atoms with E-state index in [1.165, 1.54) is 289 Å². The van der Waals surface area contributed by atoms with Crippen LogP contribution >= 0.6 is 0 Å². The summed E-state index contributed by atoms with van der Waals surface area (Å²) in [6.07, 6.45) is 72.6. The largest absolute Gasteiger partial charge is 0.394 e. The van der Waals surface area contributed by atoms with Crippen LogP contribution in [0.2, 0.25) is 0 Å². The first-order valence-electron chi connectivity index (χ1n) is 34.7. The van der Waals surface area contributed by atoms with Crippen LogP contribution < -0.4 is 5.32 Å². The highest BCUT2D eigenvalue weighted by Gasteiger charge is 2.44. The summed E-state index contributed by atoms with van der Waals surface area (Å²) in [5.41, 5.74) is 0. The SMILES string of the molecule is CCCCCCCCCC/C=C\CCCCCCCCCCCCCCCCCCCCCCCCCC(=O)NC(COC1OC(CO)C(O)C(O)C1O)C(O)/C=C/CC/C=C/CCCCCCCCCCCCCCCCC. The van der Waals surface area contributed by atoms with Gasteiger partial charge in [-0.3, -0.25) is 4.79 Å². The summed E-state index contributed by atoms with van der Waals surface area (Å²) in [4.78, 5) is 13.1. The van der Waals surface area contributed by atoms with E-state index in [0.29, 0.717) is 6.42 Å². The fourth-order valence-corrected chi connectivity index (χ4v) is 11.2. The van der Waals surface area contributed by atoms with E-state index in [1.807, 2.05) is 6.08 Å². The first-order chi connectivity index (χ1) is 38.8. The number of aliphatic hydroxyl groups is 5. The third kappa shape index (κ3) is 48.5. The zero-order chi connectivity index (χ0) is 57.2. The lowest BCUT2D eigenvalue weighted by Crippen LogP contribution is -2.60. The van der Waals surface area contributed by atoms with Crippen molar-refractivity contribution in [1.82, 2.24) is 5.32 Å². The smallest absolute Gasteiger partial charge is 0.220 e. The molecule has 79 heavy (non-hydrogen) atoms. The molecule has 0 saturated carbocycles. The Morgan fingerprint density at radius 2 is 0.722 bits per heavy atom. The van der Waals surface area contributed by atoms with Crippen LogP contribution in [0.4, 0.5) is 0 Å². The van der Waals surface area contributed by atoms with Crippen LogP contribution in [-0.2, 0) is 14.3 Å². The molecular weight excluding hydrogens is 983 g/mol. The number of unbranched alkanes of at least 4 members (excludes halogenated alkanes) is 47. The van der Waals surface area contributed by atoms with Crippen LogP contribution in [0.15, 0.2) is 36.5 Å². The van der Waals surface area contributed by atoms with Gasteiger partial charge in [0.2, 0.25) is 5.91 Å². The highest BCUT2D eigenvalue weighted by molar-refractivity contribution is 5.76. The summed E-state index contributed by atoms with van der Waals surface area (Å²) in [6.45, 7) is 3.81. The molecule has 0 aromatic rings. The quantitative estimate of drug-likeness (QED) is 0.0261. The standard InChI is InChI=1S/C70H133NO8/c1-3-5-7-9-11-13-15-17-19-21-23-25-26-27-28-29-30-31-32-33-34-35-36-37-38-40-42-44-46-48-50-52-54-56-58-60-66(74)71-63(62-78-70-69(77)68(76)67(75)65(61-72)79-70)64(73)59-57-55-53-51-49-47-45-43-41-39-24-22-20-18-16-14-12-10-8-6-4-2/h21,23,49,51,57,59,63-65,67-70,72-73,75-77H,3-20,22,24-48,50,52-56,58,60-62H2,1-2H3,(H,71,74)/b23-21-,51-49+,59-57+. The molecule has 1 aliphatic rings. The van der Waals surface area contributed by atoms with Gasteiger partial charge in [0.1, 0.15) is 24.4 Å². The molecule has 6 N–H and O–H groups in total. The molecule has 9 nitrogen and oxygen atoms in total. The zero-order valence-corrected chi connectivity index (χ0v) is 52.2. The molecular formula is C70H133NO8. The predicted molar refractivity (Wildman–Crippen MR) is 337 cm³/mol. The second-order valence-corrected chi connectivity index (χ2v) is 24.3. The highest BCUT2D eigenvalue weighted by atomic mass is 16.7. The molecule has 1 heterocycles. The number of ether oxygens (including phenoxy) is 2. The Morgan fingerprint density at radius 1 is 0.418 bits per heavy atom. The van der Waals surface area contributed by atoms with Gasteiger partial charge < -0.3 is 40.3 Å². The Hall–Kier alpha value is -1.59. The summed E-state index contributed by atoms with van der Waals surface area (Å²) in [5.74, 6) is -0.179. The minimum Gasteiger partial charge on any atom is -0.394 e. The molecule has 1 fully saturated rings. The van der Waals surface area contributed by atoms with Gasteiger partial charge in [0.25, 0.3) is 0 Å². The van der Waals surface area contributed by atoms with E-state index < -0.39 is 49.5 Å². The van der Waals surface area contributed by atoms with Crippen molar-refractivity contribution in [1.29, 1.82) is 0 Å². The number of allylic oxidation sites excluding steroid dienone is 5. The molecule has 1 amide bonds. The first-order valence-corrected chi connectivity index (χ1v) is 34.7. The van der Waals surface area contributed by atoms with Crippen molar-refractivity contribution >= 4 is 5.91 Å². The minimum atomic E-state index is -1.57. The predicted octanol–water partition coefficient (Wildman–Crippen LogP) is 18.6. The van der Waals surface area contributed by atoms with Crippen molar-refractivity contribution in [3.63, 3.8) is 0 Å². The number of nitrogens with one attached hydrogen (secondary N) is 1. The van der Waals surface area contributed by atoms with Crippen molar-refractivity contribution in [2.75, 3.05) is 13.2 Å². The van der Waals surface area contributed by atoms with Gasteiger partial charge in [-0.05, 0) is 57.8 Å². The lowest BCUT2D eigenvalue weighted by Gasteiger charge is -2.40. The number of amides is 1. The molecule has 7 unspecified atom stereocenters. The van der Waals surface area contributed by atoms with Gasteiger partial charge in [0, 0.05) is 6.42 Å². The number of rotatable bonds is 61. The van der Waals surface area contributed by atoms with Crippen molar-refractivity contribution in [3.05, 3.63) is 36.5 Å². The van der Waals surface area contributed by atoms with Crippen molar-refractivity contribution in [2.24, 2.45) is 0 Å². The van der Waals surface area contributed by atoms with Gasteiger partial charge in [0.15, 0.2) is 6.29 Å². The van der Waals surface area contributed by atoms with E-state index in [1.54, 1.807) is 6.08 Å². The van der Waals surface area contributed by atoms with Crippen LogP contribution in [-0.4, -0.2) is 87.5 Å². The topological polar surface area (TPSA) is 149 Å². The fraction of sp³-hybridized carbons (Fsp3) is 0.900. The van der Waals surface area contributed by atoms with E-state index in [9.17, 15) is 30.3 Å². The Bertz CT molecular complexity index is 1340. The molecule has 7 atom stereocenters. The minimum absolute atomic E-state index is 0.179. The summed E-state index contributed by atoms with van der Waals surface area (Å²) >= 11 is 0. The van der Waals surface area contributed by atoms with E-state index in [0.717, 1.165) is 38.5 Å². The van der Waals surface area contributed by atoms with Crippen LogP contribution in [0.1, 0.15) is 348 Å². The van der Waals surface area contributed by atoms with Crippen molar-refractivity contribution in [3.8, 4) is 0 Å². The molecule has 0 radical (unpaired) electrons. The van der Waals surface area contributed by atoms with Gasteiger partial charge in [-0.2, -0.15) is 0 Å². The second-order valence-electron chi connectivity index (χ2n) is 24.3. The number of carbonyl (C=O) groups is 1. The highest BCUT2D eigenvalue weighted by Crippen LogP contribution is 2.23. The average Bonchev–Trinajstić information content (AvgIpc) is 3.47. The Labute approximate surface area is 489 Å².